The summed E-state index contributed by atoms with van der Waals surface area (Å²) in [5, 5.41) is 0. The molecule has 1 aliphatic rings. The molecule has 0 bridgehead atoms. The lowest BCUT2D eigenvalue weighted by Crippen LogP contribution is -2.19. The van der Waals surface area contributed by atoms with E-state index in [9.17, 15) is 8.78 Å². The van der Waals surface area contributed by atoms with Crippen molar-refractivity contribution in [3.05, 3.63) is 36.4 Å². The average molecular weight is 296 g/mol. The Kier molecular flexibility index (Phi) is 5.59. The van der Waals surface area contributed by atoms with Crippen molar-refractivity contribution < 1.29 is 18.3 Å². The standard InChI is InChI=1S/C17H22F2O2/c1-3-12-5-7-13(8-6-12)11-21-15-10-9-14(20-4-2)16(18)17(15)19/h3,9-10,12-13H,1,4-8,11H2,2H3/t12-,13-. The molecular weight excluding hydrogens is 274 g/mol. The van der Waals surface area contributed by atoms with E-state index < -0.39 is 11.6 Å². The van der Waals surface area contributed by atoms with Crippen molar-refractivity contribution in [3.63, 3.8) is 0 Å². The van der Waals surface area contributed by atoms with E-state index >= 15 is 0 Å². The molecule has 2 nitrogen and oxygen atoms in total. The first-order valence-electron chi connectivity index (χ1n) is 7.51. The third-order valence-electron chi connectivity index (χ3n) is 4.01. The summed E-state index contributed by atoms with van der Waals surface area (Å²) < 4.78 is 38.1. The highest BCUT2D eigenvalue weighted by Gasteiger charge is 2.21. The Morgan fingerprint density at radius 3 is 2.19 bits per heavy atom. The van der Waals surface area contributed by atoms with Gasteiger partial charge in [-0.2, -0.15) is 8.78 Å². The van der Waals surface area contributed by atoms with Crippen LogP contribution in [0.15, 0.2) is 24.8 Å². The normalized spacial score (nSPS) is 21.9. The number of allylic oxidation sites excluding steroid dienone is 1. The first-order valence-corrected chi connectivity index (χ1v) is 7.51. The molecule has 0 spiro atoms. The lowest BCUT2D eigenvalue weighted by Gasteiger charge is -2.26. The van der Waals surface area contributed by atoms with Gasteiger partial charge in [-0.1, -0.05) is 6.08 Å². The highest BCUT2D eigenvalue weighted by Crippen LogP contribution is 2.31. The minimum Gasteiger partial charge on any atom is -0.491 e. The molecule has 0 saturated heterocycles. The van der Waals surface area contributed by atoms with E-state index in [0.29, 0.717) is 25.0 Å². The molecule has 4 heteroatoms. The van der Waals surface area contributed by atoms with Crippen LogP contribution in [0.25, 0.3) is 0 Å². The number of halogens is 2. The second-order valence-electron chi connectivity index (χ2n) is 5.45. The summed E-state index contributed by atoms with van der Waals surface area (Å²) in [5.41, 5.74) is 0. The largest absolute Gasteiger partial charge is 0.491 e. The molecule has 116 valence electrons. The van der Waals surface area contributed by atoms with Crippen LogP contribution in [0.4, 0.5) is 8.78 Å². The molecule has 0 radical (unpaired) electrons. The maximum absolute atomic E-state index is 13.9. The molecule has 1 saturated carbocycles. The van der Waals surface area contributed by atoms with Crippen LogP contribution in [-0.2, 0) is 0 Å². The zero-order valence-electron chi connectivity index (χ0n) is 12.4. The Bertz CT molecular complexity index is 480. The first-order chi connectivity index (χ1) is 10.2. The number of rotatable bonds is 6. The molecule has 0 aromatic heterocycles. The van der Waals surface area contributed by atoms with Crippen LogP contribution < -0.4 is 9.47 Å². The van der Waals surface area contributed by atoms with Crippen LogP contribution in [0, 0.1) is 23.5 Å². The SMILES string of the molecule is C=C[C@H]1CC[C@H](COc2ccc(OCC)c(F)c2F)CC1. The summed E-state index contributed by atoms with van der Waals surface area (Å²) in [6, 6.07) is 2.84. The molecule has 0 amide bonds. The maximum Gasteiger partial charge on any atom is 0.204 e. The zero-order valence-corrected chi connectivity index (χ0v) is 12.4. The fourth-order valence-electron chi connectivity index (χ4n) is 2.69. The number of hydrogen-bond acceptors (Lipinski definition) is 2. The summed E-state index contributed by atoms with van der Waals surface area (Å²) in [7, 11) is 0. The van der Waals surface area contributed by atoms with Crippen molar-refractivity contribution in [1.29, 1.82) is 0 Å². The molecule has 1 aromatic rings. The number of hydrogen-bond donors (Lipinski definition) is 0. The van der Waals surface area contributed by atoms with Gasteiger partial charge in [-0.05, 0) is 56.6 Å². The van der Waals surface area contributed by atoms with Gasteiger partial charge >= 0.3 is 0 Å². The minimum atomic E-state index is -0.982. The fraction of sp³-hybridized carbons (Fsp3) is 0.529. The highest BCUT2D eigenvalue weighted by molar-refractivity contribution is 5.35. The maximum atomic E-state index is 13.9. The molecule has 0 N–H and O–H groups in total. The molecule has 1 aromatic carbocycles. The van der Waals surface area contributed by atoms with Gasteiger partial charge in [0.1, 0.15) is 0 Å². The monoisotopic (exact) mass is 296 g/mol. The van der Waals surface area contributed by atoms with E-state index in [0.717, 1.165) is 25.7 Å². The summed E-state index contributed by atoms with van der Waals surface area (Å²) in [5.74, 6) is -1.09. The van der Waals surface area contributed by atoms with E-state index in [2.05, 4.69) is 6.58 Å². The van der Waals surface area contributed by atoms with Gasteiger partial charge in [0.2, 0.25) is 11.6 Å². The Labute approximate surface area is 124 Å². The predicted molar refractivity (Wildman–Crippen MR) is 78.7 cm³/mol. The Morgan fingerprint density at radius 2 is 1.67 bits per heavy atom. The van der Waals surface area contributed by atoms with Crippen molar-refractivity contribution in [3.8, 4) is 11.5 Å². The van der Waals surface area contributed by atoms with Crippen molar-refractivity contribution >= 4 is 0 Å². The van der Waals surface area contributed by atoms with Crippen LogP contribution >= 0.6 is 0 Å². The van der Waals surface area contributed by atoms with E-state index in [1.807, 2.05) is 6.08 Å². The molecule has 1 aliphatic carbocycles. The molecule has 0 heterocycles. The summed E-state index contributed by atoms with van der Waals surface area (Å²) in [6.07, 6.45) is 6.27. The molecule has 0 atom stereocenters. The van der Waals surface area contributed by atoms with E-state index in [-0.39, 0.29) is 11.5 Å². The molecule has 2 rings (SSSR count). The second-order valence-corrected chi connectivity index (χ2v) is 5.45. The third-order valence-corrected chi connectivity index (χ3v) is 4.01. The van der Waals surface area contributed by atoms with Crippen molar-refractivity contribution in [2.24, 2.45) is 11.8 Å². The van der Waals surface area contributed by atoms with Gasteiger partial charge in [0.15, 0.2) is 11.5 Å². The van der Waals surface area contributed by atoms with Crippen LogP contribution in [0.1, 0.15) is 32.6 Å². The molecule has 1 fully saturated rings. The predicted octanol–water partition coefficient (Wildman–Crippen LogP) is 4.73. The van der Waals surface area contributed by atoms with Crippen molar-refractivity contribution in [2.45, 2.75) is 32.6 Å². The molecule has 0 aliphatic heterocycles. The lowest BCUT2D eigenvalue weighted by atomic mass is 9.82. The first kappa shape index (κ1) is 15.8. The second kappa shape index (κ2) is 7.43. The van der Waals surface area contributed by atoms with Crippen molar-refractivity contribution in [1.82, 2.24) is 0 Å². The lowest BCUT2D eigenvalue weighted by molar-refractivity contribution is 0.187. The summed E-state index contributed by atoms with van der Waals surface area (Å²) >= 11 is 0. The fourth-order valence-corrected chi connectivity index (χ4v) is 2.69. The molecule has 0 unspecified atom stereocenters. The smallest absolute Gasteiger partial charge is 0.204 e. The van der Waals surface area contributed by atoms with Crippen LogP contribution in [0.3, 0.4) is 0 Å². The Hall–Kier alpha value is -1.58. The quantitative estimate of drug-likeness (QED) is 0.706. The van der Waals surface area contributed by atoms with E-state index in [1.54, 1.807) is 6.92 Å². The van der Waals surface area contributed by atoms with Gasteiger partial charge in [0.25, 0.3) is 0 Å². The van der Waals surface area contributed by atoms with Crippen molar-refractivity contribution in [2.75, 3.05) is 13.2 Å². The third kappa shape index (κ3) is 3.96. The Balaban J connectivity index is 1.92. The van der Waals surface area contributed by atoms with Gasteiger partial charge < -0.3 is 9.47 Å². The zero-order chi connectivity index (χ0) is 15.2. The summed E-state index contributed by atoms with van der Waals surface area (Å²) in [6.45, 7) is 6.26. The average Bonchev–Trinajstić information content (AvgIpc) is 2.52. The Morgan fingerprint density at radius 1 is 1.10 bits per heavy atom. The highest BCUT2D eigenvalue weighted by atomic mass is 19.2. The van der Waals surface area contributed by atoms with Gasteiger partial charge in [0, 0.05) is 0 Å². The van der Waals surface area contributed by atoms with Gasteiger partial charge in [-0.3, -0.25) is 0 Å². The van der Waals surface area contributed by atoms with Crippen LogP contribution in [-0.4, -0.2) is 13.2 Å². The van der Waals surface area contributed by atoms with Crippen LogP contribution in [0.5, 0.6) is 11.5 Å². The number of ether oxygens (including phenoxy) is 2. The number of benzene rings is 1. The van der Waals surface area contributed by atoms with E-state index in [4.69, 9.17) is 9.47 Å². The molecule has 21 heavy (non-hydrogen) atoms. The molecular formula is C17H22F2O2. The van der Waals surface area contributed by atoms with Crippen LogP contribution in [0.2, 0.25) is 0 Å². The topological polar surface area (TPSA) is 18.5 Å². The van der Waals surface area contributed by atoms with E-state index in [1.165, 1.54) is 12.1 Å². The minimum absolute atomic E-state index is 0.0400. The van der Waals surface area contributed by atoms with Gasteiger partial charge in [-0.15, -0.1) is 6.58 Å². The summed E-state index contributed by atoms with van der Waals surface area (Å²) in [4.78, 5) is 0. The van der Waals surface area contributed by atoms with Gasteiger partial charge in [-0.25, -0.2) is 0 Å². The van der Waals surface area contributed by atoms with Gasteiger partial charge in [0.05, 0.1) is 13.2 Å².